The molecule has 1 rings (SSSR count). The Labute approximate surface area is 127 Å². The number of carbonyl (C=O) groups is 1. The van der Waals surface area contributed by atoms with Crippen LogP contribution in [0.15, 0.2) is 24.3 Å². The number of nitro benzene ring substituents is 1. The molecule has 10 heteroatoms. The Balaban J connectivity index is 3.32. The molecule has 22 heavy (non-hydrogen) atoms. The third-order valence-electron chi connectivity index (χ3n) is 2.50. The highest BCUT2D eigenvalue weighted by Crippen LogP contribution is 2.61. The number of hydrogen-bond donors (Lipinski definition) is 1. The molecule has 1 aromatic carbocycles. The number of carbonyl (C=O) groups excluding carboxylic acids is 1. The number of rotatable bonds is 8. The van der Waals surface area contributed by atoms with Crippen molar-refractivity contribution in [1.29, 1.82) is 0 Å². The van der Waals surface area contributed by atoms with Crippen LogP contribution in [0, 0.1) is 10.1 Å². The minimum Gasteiger partial charge on any atom is -0.428 e. The molecular weight excluding hydrogens is 315 g/mol. The first-order valence-corrected chi connectivity index (χ1v) is 8.04. The molecule has 0 saturated carbocycles. The van der Waals surface area contributed by atoms with Gasteiger partial charge in [-0.3, -0.25) is 14.7 Å². The van der Waals surface area contributed by atoms with E-state index in [1.807, 2.05) is 0 Å². The quantitative estimate of drug-likeness (QED) is 0.440. The van der Waals surface area contributed by atoms with Crippen molar-refractivity contribution in [3.8, 4) is 0 Å². The predicted octanol–water partition coefficient (Wildman–Crippen LogP) is 2.95. The highest BCUT2D eigenvalue weighted by molar-refractivity contribution is 7.54. The Bertz CT molecular complexity index is 583. The number of benzene rings is 1. The van der Waals surface area contributed by atoms with Gasteiger partial charge in [-0.2, -0.15) is 0 Å². The van der Waals surface area contributed by atoms with Gasteiger partial charge in [0, 0.05) is 17.7 Å². The van der Waals surface area contributed by atoms with E-state index in [4.69, 9.17) is 19.5 Å². The maximum atomic E-state index is 12.8. The number of amides is 1. The van der Waals surface area contributed by atoms with E-state index in [9.17, 15) is 19.5 Å². The SMILES string of the molecule is CCOP(=O)(OCC)[C@H](OC(N)=O)c1cccc([N+](=O)[O-])c1. The smallest absolute Gasteiger partial charge is 0.405 e. The Morgan fingerprint density at radius 3 is 2.41 bits per heavy atom. The highest BCUT2D eigenvalue weighted by Gasteiger charge is 2.40. The van der Waals surface area contributed by atoms with Gasteiger partial charge in [-0.25, -0.2) is 4.79 Å². The van der Waals surface area contributed by atoms with E-state index in [2.05, 4.69) is 0 Å². The number of nitrogens with two attached hydrogens (primary N) is 1. The molecular formula is C12H17N2O7P. The van der Waals surface area contributed by atoms with Crippen LogP contribution in [-0.2, 0) is 18.3 Å². The summed E-state index contributed by atoms with van der Waals surface area (Å²) in [4.78, 5) is 21.3. The van der Waals surface area contributed by atoms with Crippen LogP contribution in [-0.4, -0.2) is 24.2 Å². The summed E-state index contributed by atoms with van der Waals surface area (Å²) in [6, 6.07) is 5.15. The first-order chi connectivity index (χ1) is 10.3. The van der Waals surface area contributed by atoms with Gasteiger partial charge in [-0.15, -0.1) is 0 Å². The van der Waals surface area contributed by atoms with E-state index < -0.39 is 24.5 Å². The maximum Gasteiger partial charge on any atom is 0.405 e. The molecule has 0 aromatic heterocycles. The van der Waals surface area contributed by atoms with Crippen molar-refractivity contribution in [1.82, 2.24) is 0 Å². The summed E-state index contributed by atoms with van der Waals surface area (Å²) < 4.78 is 27.9. The monoisotopic (exact) mass is 332 g/mol. The molecule has 1 amide bonds. The zero-order valence-electron chi connectivity index (χ0n) is 12.1. The lowest BCUT2D eigenvalue weighted by molar-refractivity contribution is -0.384. The first-order valence-electron chi connectivity index (χ1n) is 6.43. The number of hydrogen-bond acceptors (Lipinski definition) is 7. The summed E-state index contributed by atoms with van der Waals surface area (Å²) >= 11 is 0. The van der Waals surface area contributed by atoms with E-state index in [1.165, 1.54) is 18.2 Å². The fourth-order valence-corrected chi connectivity index (χ4v) is 3.57. The molecule has 9 nitrogen and oxygen atoms in total. The van der Waals surface area contributed by atoms with Crippen LogP contribution in [0.3, 0.4) is 0 Å². The van der Waals surface area contributed by atoms with Crippen LogP contribution in [0.25, 0.3) is 0 Å². The average molecular weight is 332 g/mol. The lowest BCUT2D eigenvalue weighted by Crippen LogP contribution is -2.19. The Morgan fingerprint density at radius 2 is 1.95 bits per heavy atom. The van der Waals surface area contributed by atoms with Crippen LogP contribution in [0.4, 0.5) is 10.5 Å². The lowest BCUT2D eigenvalue weighted by Gasteiger charge is -2.25. The number of ether oxygens (including phenoxy) is 1. The summed E-state index contributed by atoms with van der Waals surface area (Å²) in [7, 11) is -3.90. The first kappa shape index (κ1) is 18.1. The third-order valence-corrected chi connectivity index (χ3v) is 4.71. The summed E-state index contributed by atoms with van der Waals surface area (Å²) in [5, 5.41) is 10.8. The summed E-state index contributed by atoms with van der Waals surface area (Å²) in [5.74, 6) is -1.48. The van der Waals surface area contributed by atoms with Crippen molar-refractivity contribution in [2.75, 3.05) is 13.2 Å². The molecule has 0 saturated heterocycles. The molecule has 0 spiro atoms. The van der Waals surface area contributed by atoms with Crippen LogP contribution < -0.4 is 5.73 Å². The number of non-ortho nitro benzene ring substituents is 1. The molecule has 0 aliphatic carbocycles. The largest absolute Gasteiger partial charge is 0.428 e. The fraction of sp³-hybridized carbons (Fsp3) is 0.417. The molecule has 1 aromatic rings. The second-order valence-electron chi connectivity index (χ2n) is 4.02. The van der Waals surface area contributed by atoms with Gasteiger partial charge in [0.25, 0.3) is 5.69 Å². The normalized spacial score (nSPS) is 12.6. The zero-order valence-corrected chi connectivity index (χ0v) is 13.0. The number of nitro groups is 1. The van der Waals surface area contributed by atoms with E-state index in [1.54, 1.807) is 13.8 Å². The van der Waals surface area contributed by atoms with Crippen LogP contribution in [0.2, 0.25) is 0 Å². The van der Waals surface area contributed by atoms with Crippen molar-refractivity contribution in [3.05, 3.63) is 39.9 Å². The van der Waals surface area contributed by atoms with Crippen molar-refractivity contribution >= 4 is 19.4 Å². The van der Waals surface area contributed by atoms with E-state index in [0.717, 1.165) is 6.07 Å². The maximum absolute atomic E-state index is 12.8. The van der Waals surface area contributed by atoms with Gasteiger partial charge in [-0.05, 0) is 13.8 Å². The highest BCUT2D eigenvalue weighted by atomic mass is 31.2. The third kappa shape index (κ3) is 4.52. The molecule has 2 N–H and O–H groups in total. The standard InChI is InChI=1S/C12H17N2O7P/c1-3-19-22(18,20-4-2)11(21-12(13)15)9-6-5-7-10(8-9)14(16)17/h5-8,11H,3-4H2,1-2H3,(H2,13,15)/t11-/m0/s1. The molecule has 0 radical (unpaired) electrons. The Kier molecular flexibility index (Phi) is 6.48. The van der Waals surface area contributed by atoms with Gasteiger partial charge >= 0.3 is 13.7 Å². The molecule has 0 unspecified atom stereocenters. The van der Waals surface area contributed by atoms with Crippen molar-refractivity contribution in [2.24, 2.45) is 5.73 Å². The second kappa shape index (κ2) is 7.88. The van der Waals surface area contributed by atoms with Crippen molar-refractivity contribution < 1.29 is 28.1 Å². The fourth-order valence-electron chi connectivity index (χ4n) is 1.75. The zero-order chi connectivity index (χ0) is 16.8. The van der Waals surface area contributed by atoms with E-state index >= 15 is 0 Å². The van der Waals surface area contributed by atoms with Crippen LogP contribution in [0.1, 0.15) is 25.3 Å². The predicted molar refractivity (Wildman–Crippen MR) is 77.4 cm³/mol. The van der Waals surface area contributed by atoms with Gasteiger partial charge in [0.1, 0.15) is 0 Å². The second-order valence-corrected chi connectivity index (χ2v) is 6.08. The Morgan fingerprint density at radius 1 is 1.36 bits per heavy atom. The van der Waals surface area contributed by atoms with Crippen molar-refractivity contribution in [2.45, 2.75) is 19.7 Å². The van der Waals surface area contributed by atoms with Crippen LogP contribution in [0.5, 0.6) is 0 Å². The van der Waals surface area contributed by atoms with E-state index in [0.29, 0.717) is 0 Å². The molecule has 0 fully saturated rings. The number of primary amides is 1. The Hall–Kier alpha value is -1.96. The summed E-state index contributed by atoms with van der Waals surface area (Å²) in [6.45, 7) is 3.23. The molecule has 0 bridgehead atoms. The van der Waals surface area contributed by atoms with Gasteiger partial charge in [-0.1, -0.05) is 12.1 Å². The summed E-state index contributed by atoms with van der Waals surface area (Å²) in [5.41, 5.74) is 4.83. The molecule has 122 valence electrons. The topological polar surface area (TPSA) is 131 Å². The average Bonchev–Trinajstić information content (AvgIpc) is 2.45. The minimum atomic E-state index is -3.90. The molecule has 1 atom stereocenters. The van der Waals surface area contributed by atoms with Crippen LogP contribution >= 0.6 is 7.60 Å². The number of nitrogens with zero attached hydrogens (tertiary/aromatic N) is 1. The molecule has 0 heterocycles. The summed E-state index contributed by atoms with van der Waals surface area (Å²) in [6.07, 6.45) is -1.20. The van der Waals surface area contributed by atoms with Gasteiger partial charge in [0.15, 0.2) is 0 Å². The molecule has 0 aliphatic rings. The minimum absolute atomic E-state index is 0.0326. The molecule has 0 aliphatic heterocycles. The van der Waals surface area contributed by atoms with Gasteiger partial charge < -0.3 is 19.5 Å². The van der Waals surface area contributed by atoms with E-state index in [-0.39, 0.29) is 24.5 Å². The van der Waals surface area contributed by atoms with Crippen molar-refractivity contribution in [3.63, 3.8) is 0 Å². The van der Waals surface area contributed by atoms with Gasteiger partial charge in [0.2, 0.25) is 5.85 Å². The van der Waals surface area contributed by atoms with Gasteiger partial charge in [0.05, 0.1) is 18.1 Å². The lowest BCUT2D eigenvalue weighted by atomic mass is 10.2.